The van der Waals surface area contributed by atoms with Crippen molar-refractivity contribution in [2.24, 2.45) is 5.92 Å². The molecule has 0 aliphatic rings. The smallest absolute Gasteiger partial charge is 0.128 e. The molecule has 0 radical (unpaired) electrons. The highest BCUT2D eigenvalue weighted by molar-refractivity contribution is 5.86. The molecular formula is C17H25NO. The molecule has 0 saturated heterocycles. The highest BCUT2D eigenvalue weighted by atomic mass is 16.5. The Kier molecular flexibility index (Phi) is 4.89. The van der Waals surface area contributed by atoms with Crippen molar-refractivity contribution in [2.45, 2.75) is 46.6 Å². The van der Waals surface area contributed by atoms with E-state index in [4.69, 9.17) is 4.74 Å². The van der Waals surface area contributed by atoms with Crippen molar-refractivity contribution >= 4 is 10.9 Å². The van der Waals surface area contributed by atoms with Gasteiger partial charge in [0.15, 0.2) is 0 Å². The van der Waals surface area contributed by atoms with E-state index in [0.29, 0.717) is 0 Å². The van der Waals surface area contributed by atoms with Crippen LogP contribution in [0, 0.1) is 5.92 Å². The first-order chi connectivity index (χ1) is 9.22. The van der Waals surface area contributed by atoms with Gasteiger partial charge in [0.1, 0.15) is 5.75 Å². The molecule has 0 fully saturated rings. The molecule has 0 unspecified atom stereocenters. The molecule has 2 rings (SSSR count). The van der Waals surface area contributed by atoms with Crippen LogP contribution < -0.4 is 4.74 Å². The molecule has 1 heterocycles. The maximum atomic E-state index is 5.81. The number of aromatic nitrogens is 1. The highest BCUT2D eigenvalue weighted by Gasteiger charge is 2.06. The van der Waals surface area contributed by atoms with Crippen LogP contribution in [0.15, 0.2) is 30.5 Å². The predicted octanol–water partition coefficient (Wildman–Crippen LogP) is 4.87. The zero-order valence-electron chi connectivity index (χ0n) is 12.4. The summed E-state index contributed by atoms with van der Waals surface area (Å²) in [4.78, 5) is 0. The monoisotopic (exact) mass is 259 g/mol. The number of hydrogen-bond donors (Lipinski definition) is 0. The summed E-state index contributed by atoms with van der Waals surface area (Å²) in [6, 6.07) is 8.52. The number of rotatable bonds is 7. The fourth-order valence-corrected chi connectivity index (χ4v) is 2.40. The van der Waals surface area contributed by atoms with Crippen LogP contribution in [-0.2, 0) is 6.54 Å². The molecule has 0 aliphatic carbocycles. The number of benzene rings is 1. The SMILES string of the molecule is CCCOc1cccc2c1ccn2CCCC(C)C. The molecule has 0 spiro atoms. The van der Waals surface area contributed by atoms with Gasteiger partial charge in [0.05, 0.1) is 12.1 Å². The molecular weight excluding hydrogens is 234 g/mol. The van der Waals surface area contributed by atoms with Crippen LogP contribution in [0.1, 0.15) is 40.0 Å². The van der Waals surface area contributed by atoms with Crippen LogP contribution in [0.3, 0.4) is 0 Å². The Hall–Kier alpha value is -1.44. The first kappa shape index (κ1) is 14.0. The van der Waals surface area contributed by atoms with Gasteiger partial charge in [-0.1, -0.05) is 26.8 Å². The number of aryl methyl sites for hydroxylation is 1. The summed E-state index contributed by atoms with van der Waals surface area (Å²) >= 11 is 0. The first-order valence-electron chi connectivity index (χ1n) is 7.43. The van der Waals surface area contributed by atoms with Gasteiger partial charge >= 0.3 is 0 Å². The molecule has 19 heavy (non-hydrogen) atoms. The van der Waals surface area contributed by atoms with Crippen molar-refractivity contribution in [3.05, 3.63) is 30.5 Å². The van der Waals surface area contributed by atoms with Crippen molar-refractivity contribution in [3.63, 3.8) is 0 Å². The largest absolute Gasteiger partial charge is 0.493 e. The van der Waals surface area contributed by atoms with Gasteiger partial charge in [-0.05, 0) is 43.4 Å². The summed E-state index contributed by atoms with van der Waals surface area (Å²) in [7, 11) is 0. The Morgan fingerprint density at radius 2 is 2.05 bits per heavy atom. The number of nitrogens with zero attached hydrogens (tertiary/aromatic N) is 1. The van der Waals surface area contributed by atoms with E-state index in [1.54, 1.807) is 0 Å². The van der Waals surface area contributed by atoms with Gasteiger partial charge in [-0.2, -0.15) is 0 Å². The first-order valence-corrected chi connectivity index (χ1v) is 7.43. The molecule has 0 aliphatic heterocycles. The molecule has 1 aromatic heterocycles. The van der Waals surface area contributed by atoms with E-state index in [0.717, 1.165) is 31.2 Å². The van der Waals surface area contributed by atoms with Gasteiger partial charge in [-0.25, -0.2) is 0 Å². The van der Waals surface area contributed by atoms with Crippen molar-refractivity contribution in [1.82, 2.24) is 4.57 Å². The molecule has 104 valence electrons. The average molecular weight is 259 g/mol. The minimum Gasteiger partial charge on any atom is -0.493 e. The summed E-state index contributed by atoms with van der Waals surface area (Å²) in [6.07, 6.45) is 5.75. The third-order valence-corrected chi connectivity index (χ3v) is 3.42. The van der Waals surface area contributed by atoms with Gasteiger partial charge in [0, 0.05) is 18.1 Å². The third kappa shape index (κ3) is 3.52. The Balaban J connectivity index is 2.13. The minimum absolute atomic E-state index is 0.783. The Labute approximate surface area is 116 Å². The van der Waals surface area contributed by atoms with E-state index in [-0.39, 0.29) is 0 Å². The molecule has 0 amide bonds. The lowest BCUT2D eigenvalue weighted by Gasteiger charge is -2.09. The lowest BCUT2D eigenvalue weighted by atomic mass is 10.1. The standard InChI is InChI=1S/C17H25NO/c1-4-13-19-17-9-5-8-16-15(17)10-12-18(16)11-6-7-14(2)3/h5,8-10,12,14H,4,6-7,11,13H2,1-3H3. The summed E-state index contributed by atoms with van der Waals surface area (Å²) in [5.74, 6) is 1.80. The maximum Gasteiger partial charge on any atom is 0.128 e. The molecule has 0 N–H and O–H groups in total. The average Bonchev–Trinajstić information content (AvgIpc) is 2.80. The molecule has 2 aromatic rings. The van der Waals surface area contributed by atoms with Crippen molar-refractivity contribution < 1.29 is 4.74 Å². The fraction of sp³-hybridized carbons (Fsp3) is 0.529. The summed E-state index contributed by atoms with van der Waals surface area (Å²) in [6.45, 7) is 8.59. The van der Waals surface area contributed by atoms with Crippen LogP contribution in [0.25, 0.3) is 10.9 Å². The van der Waals surface area contributed by atoms with E-state index >= 15 is 0 Å². The van der Waals surface area contributed by atoms with Crippen molar-refractivity contribution in [2.75, 3.05) is 6.61 Å². The Bertz CT molecular complexity index is 513. The van der Waals surface area contributed by atoms with Gasteiger partial charge in [0.25, 0.3) is 0 Å². The normalized spacial score (nSPS) is 11.4. The molecule has 0 atom stereocenters. The highest BCUT2D eigenvalue weighted by Crippen LogP contribution is 2.27. The van der Waals surface area contributed by atoms with Crippen molar-refractivity contribution in [1.29, 1.82) is 0 Å². The van der Waals surface area contributed by atoms with E-state index in [9.17, 15) is 0 Å². The van der Waals surface area contributed by atoms with Crippen LogP contribution in [-0.4, -0.2) is 11.2 Å². The number of fused-ring (bicyclic) bond motifs is 1. The lowest BCUT2D eigenvalue weighted by molar-refractivity contribution is 0.321. The van der Waals surface area contributed by atoms with Crippen LogP contribution in [0.2, 0.25) is 0 Å². The van der Waals surface area contributed by atoms with Crippen LogP contribution in [0.4, 0.5) is 0 Å². The zero-order valence-corrected chi connectivity index (χ0v) is 12.4. The van der Waals surface area contributed by atoms with E-state index < -0.39 is 0 Å². The molecule has 2 heteroatoms. The molecule has 0 bridgehead atoms. The quantitative estimate of drug-likeness (QED) is 0.692. The second-order valence-corrected chi connectivity index (χ2v) is 5.58. The third-order valence-electron chi connectivity index (χ3n) is 3.42. The van der Waals surface area contributed by atoms with Gasteiger partial charge in [-0.3, -0.25) is 0 Å². The predicted molar refractivity (Wildman–Crippen MR) is 81.8 cm³/mol. The molecule has 0 saturated carbocycles. The lowest BCUT2D eigenvalue weighted by Crippen LogP contribution is -1.99. The second kappa shape index (κ2) is 6.65. The van der Waals surface area contributed by atoms with E-state index in [2.05, 4.69) is 55.8 Å². The zero-order chi connectivity index (χ0) is 13.7. The van der Waals surface area contributed by atoms with Gasteiger partial charge in [0.2, 0.25) is 0 Å². The van der Waals surface area contributed by atoms with Crippen LogP contribution >= 0.6 is 0 Å². The Morgan fingerprint density at radius 1 is 1.21 bits per heavy atom. The van der Waals surface area contributed by atoms with E-state index in [1.165, 1.54) is 23.7 Å². The summed E-state index contributed by atoms with van der Waals surface area (Å²) in [5.41, 5.74) is 1.29. The fourth-order valence-electron chi connectivity index (χ4n) is 2.40. The topological polar surface area (TPSA) is 14.2 Å². The Morgan fingerprint density at radius 3 is 2.79 bits per heavy atom. The second-order valence-electron chi connectivity index (χ2n) is 5.58. The summed E-state index contributed by atoms with van der Waals surface area (Å²) in [5, 5.41) is 1.24. The number of hydrogen-bond acceptors (Lipinski definition) is 1. The van der Waals surface area contributed by atoms with Crippen LogP contribution in [0.5, 0.6) is 5.75 Å². The summed E-state index contributed by atoms with van der Waals surface area (Å²) < 4.78 is 8.15. The van der Waals surface area contributed by atoms with Gasteiger partial charge < -0.3 is 9.30 Å². The van der Waals surface area contributed by atoms with E-state index in [1.807, 2.05) is 0 Å². The molecule has 2 nitrogen and oxygen atoms in total. The maximum absolute atomic E-state index is 5.81. The minimum atomic E-state index is 0.783. The van der Waals surface area contributed by atoms with Gasteiger partial charge in [-0.15, -0.1) is 0 Å². The molecule has 1 aromatic carbocycles. The van der Waals surface area contributed by atoms with Crippen molar-refractivity contribution in [3.8, 4) is 5.75 Å². The number of ether oxygens (including phenoxy) is 1.